The summed E-state index contributed by atoms with van der Waals surface area (Å²) in [5, 5.41) is 50.2. The van der Waals surface area contributed by atoms with Crippen molar-refractivity contribution in [2.45, 2.75) is 268 Å². The molecule has 362 valence electrons. The third-order valence-electron chi connectivity index (χ3n) is 11.9. The Hall–Kier alpha value is -0.920. The number of allylic oxidation sites excluding steroid dienone is 2. The Morgan fingerprint density at radius 3 is 1.30 bits per heavy atom. The van der Waals surface area contributed by atoms with Crippen molar-refractivity contribution in [1.29, 1.82) is 0 Å². The molecule has 6 atom stereocenters. The lowest BCUT2D eigenvalue weighted by Crippen LogP contribution is -2.64. The van der Waals surface area contributed by atoms with Crippen molar-refractivity contribution in [3.8, 4) is 0 Å². The molecule has 1 rings (SSSR count). The van der Waals surface area contributed by atoms with Crippen molar-refractivity contribution in [3.05, 3.63) is 12.2 Å². The molecule has 0 radical (unpaired) electrons. The highest BCUT2D eigenvalue weighted by Crippen LogP contribution is 2.47. The number of phosphoric ester groups is 1. The average Bonchev–Trinajstić information content (AvgIpc) is 3.24. The predicted molar refractivity (Wildman–Crippen MR) is 244 cm³/mol. The van der Waals surface area contributed by atoms with Gasteiger partial charge in [-0.05, 0) is 38.5 Å². The van der Waals surface area contributed by atoms with Crippen LogP contribution in [0, 0.1) is 0 Å². The molecule has 0 heterocycles. The number of phosphoric acid groups is 1. The molecule has 1 aliphatic rings. The van der Waals surface area contributed by atoms with E-state index in [1.165, 1.54) is 141 Å². The minimum absolute atomic E-state index is 0.0739. The van der Waals surface area contributed by atoms with Crippen molar-refractivity contribution in [2.75, 3.05) is 19.8 Å². The first-order valence-electron chi connectivity index (χ1n) is 25.0. The summed E-state index contributed by atoms with van der Waals surface area (Å²) in [5.41, 5.74) is 0. The van der Waals surface area contributed by atoms with E-state index in [9.17, 15) is 39.8 Å². The van der Waals surface area contributed by atoms with Gasteiger partial charge in [-0.1, -0.05) is 193 Å². The lowest BCUT2D eigenvalue weighted by Gasteiger charge is -2.41. The van der Waals surface area contributed by atoms with E-state index < -0.39 is 63.1 Å². The fourth-order valence-electron chi connectivity index (χ4n) is 7.88. The van der Waals surface area contributed by atoms with Gasteiger partial charge in [-0.15, -0.1) is 0 Å². The number of aliphatic hydroxyl groups excluding tert-OH is 5. The maximum atomic E-state index is 12.8. The zero-order valence-corrected chi connectivity index (χ0v) is 39.6. The molecule has 6 N–H and O–H groups in total. The summed E-state index contributed by atoms with van der Waals surface area (Å²) in [6, 6.07) is 0. The smallest absolute Gasteiger partial charge is 0.457 e. The molecular formula is C48H93O12P. The molecule has 6 unspecified atom stereocenters. The van der Waals surface area contributed by atoms with Crippen molar-refractivity contribution >= 4 is 13.8 Å². The zero-order valence-electron chi connectivity index (χ0n) is 38.7. The Morgan fingerprint density at radius 2 is 0.869 bits per heavy atom. The Labute approximate surface area is 371 Å². The van der Waals surface area contributed by atoms with Crippen molar-refractivity contribution in [3.63, 3.8) is 0 Å². The van der Waals surface area contributed by atoms with Crippen LogP contribution in [0.15, 0.2) is 12.2 Å². The maximum absolute atomic E-state index is 12.8. The first kappa shape index (κ1) is 58.1. The molecule has 0 aliphatic heterocycles. The number of carbonyl (C=O) groups excluding carboxylic acids is 1. The van der Waals surface area contributed by atoms with Gasteiger partial charge in [0.15, 0.2) is 0 Å². The standard InChI is InChI=1S/C48H93O12P/c1-3-5-7-9-11-13-15-17-19-20-21-22-24-26-28-30-32-34-36-38-57-39-41(40-58-61(55,56)60-48-46(53)44(51)43(50)45(52)47(48)54)59-42(49)37-35-33-31-29-27-25-23-18-16-14-12-10-8-6-4-2/h18,23,41,43-48,50-54H,3-17,19-22,24-40H2,1-2H3,(H,55,56)/b23-18-. The third-order valence-corrected chi connectivity index (χ3v) is 12.9. The van der Waals surface area contributed by atoms with Gasteiger partial charge in [0.1, 0.15) is 42.7 Å². The molecule has 61 heavy (non-hydrogen) atoms. The number of hydrogen-bond donors (Lipinski definition) is 6. The molecule has 1 aliphatic carbocycles. The summed E-state index contributed by atoms with van der Waals surface area (Å²) in [6.45, 7) is 4.28. The Kier molecular flexibility index (Phi) is 37.6. The van der Waals surface area contributed by atoms with Gasteiger partial charge < -0.3 is 39.9 Å². The van der Waals surface area contributed by atoms with Gasteiger partial charge in [-0.3, -0.25) is 13.8 Å². The van der Waals surface area contributed by atoms with Crippen LogP contribution in [0.2, 0.25) is 0 Å². The molecule has 12 nitrogen and oxygen atoms in total. The highest BCUT2D eigenvalue weighted by Gasteiger charge is 2.51. The van der Waals surface area contributed by atoms with Crippen LogP contribution >= 0.6 is 7.82 Å². The Balaban J connectivity index is 2.34. The van der Waals surface area contributed by atoms with Crippen molar-refractivity contribution in [1.82, 2.24) is 0 Å². The normalized spacial score (nSPS) is 22.2. The lowest BCUT2D eigenvalue weighted by molar-refractivity contribution is -0.220. The fraction of sp³-hybridized carbons (Fsp3) is 0.938. The number of esters is 1. The number of ether oxygens (including phenoxy) is 2. The van der Waals surface area contributed by atoms with E-state index >= 15 is 0 Å². The van der Waals surface area contributed by atoms with Gasteiger partial charge in [0.25, 0.3) is 0 Å². The summed E-state index contributed by atoms with van der Waals surface area (Å²) in [6.07, 6.45) is 31.4. The van der Waals surface area contributed by atoms with Crippen LogP contribution in [0.4, 0.5) is 0 Å². The van der Waals surface area contributed by atoms with Gasteiger partial charge in [-0.25, -0.2) is 4.57 Å². The van der Waals surface area contributed by atoms with Gasteiger partial charge in [0.2, 0.25) is 0 Å². The van der Waals surface area contributed by atoms with Crippen LogP contribution < -0.4 is 0 Å². The second-order valence-electron chi connectivity index (χ2n) is 17.7. The number of carbonyl (C=O) groups is 1. The molecule has 0 aromatic rings. The maximum Gasteiger partial charge on any atom is 0.472 e. The second-order valence-corrected chi connectivity index (χ2v) is 19.1. The van der Waals surface area contributed by atoms with Gasteiger partial charge in [0.05, 0.1) is 13.2 Å². The molecule has 0 spiro atoms. The van der Waals surface area contributed by atoms with Gasteiger partial charge in [-0.2, -0.15) is 0 Å². The Morgan fingerprint density at radius 1 is 0.508 bits per heavy atom. The van der Waals surface area contributed by atoms with E-state index in [0.717, 1.165) is 57.8 Å². The minimum Gasteiger partial charge on any atom is -0.457 e. The van der Waals surface area contributed by atoms with E-state index in [4.69, 9.17) is 18.5 Å². The van der Waals surface area contributed by atoms with Crippen molar-refractivity contribution < 1.29 is 58.3 Å². The van der Waals surface area contributed by atoms with Gasteiger partial charge >= 0.3 is 13.8 Å². The number of rotatable bonds is 43. The van der Waals surface area contributed by atoms with Crippen molar-refractivity contribution in [2.24, 2.45) is 0 Å². The molecule has 13 heteroatoms. The van der Waals surface area contributed by atoms with Crippen LogP contribution in [-0.4, -0.2) is 98.9 Å². The third kappa shape index (κ3) is 31.6. The number of unbranched alkanes of at least 4 members (excludes halogenated alkanes) is 29. The molecule has 0 bridgehead atoms. The highest BCUT2D eigenvalue weighted by atomic mass is 31.2. The quantitative estimate of drug-likeness (QED) is 0.0147. The minimum atomic E-state index is -5.02. The zero-order chi connectivity index (χ0) is 44.8. The largest absolute Gasteiger partial charge is 0.472 e. The predicted octanol–water partition coefficient (Wildman–Crippen LogP) is 10.7. The molecule has 0 aromatic heterocycles. The summed E-state index contributed by atoms with van der Waals surface area (Å²) >= 11 is 0. The van der Waals surface area contributed by atoms with Crippen LogP contribution in [0.5, 0.6) is 0 Å². The first-order chi connectivity index (χ1) is 29.5. The van der Waals surface area contributed by atoms with Crippen LogP contribution in [0.3, 0.4) is 0 Å². The average molecular weight is 893 g/mol. The SMILES string of the molecule is CCCCCCCC/C=C\CCCCCCCC(=O)OC(COCCCCCCCCCCCCCCCCCCCCC)COP(=O)(O)OC1C(O)C(O)C(O)C(O)C1O. The highest BCUT2D eigenvalue weighted by molar-refractivity contribution is 7.47. The van der Waals surface area contributed by atoms with E-state index in [-0.39, 0.29) is 13.0 Å². The monoisotopic (exact) mass is 893 g/mol. The molecular weight excluding hydrogens is 799 g/mol. The molecule has 0 amide bonds. The van der Waals surface area contributed by atoms with E-state index in [1.54, 1.807) is 0 Å². The lowest BCUT2D eigenvalue weighted by atomic mass is 9.85. The topological polar surface area (TPSA) is 192 Å². The van der Waals surface area contributed by atoms with Crippen LogP contribution in [-0.2, 0) is 27.9 Å². The first-order valence-corrected chi connectivity index (χ1v) is 26.5. The van der Waals surface area contributed by atoms with Crippen LogP contribution in [0.1, 0.15) is 226 Å². The fourth-order valence-corrected chi connectivity index (χ4v) is 8.85. The number of hydrogen-bond acceptors (Lipinski definition) is 11. The molecule has 1 fully saturated rings. The summed E-state index contributed by atoms with van der Waals surface area (Å²) < 4.78 is 34.2. The second kappa shape index (κ2) is 39.4. The summed E-state index contributed by atoms with van der Waals surface area (Å²) in [5.74, 6) is -0.481. The van der Waals surface area contributed by atoms with E-state index in [1.807, 2.05) is 0 Å². The van der Waals surface area contributed by atoms with Crippen LogP contribution in [0.25, 0.3) is 0 Å². The van der Waals surface area contributed by atoms with E-state index in [0.29, 0.717) is 13.0 Å². The molecule has 0 aromatic carbocycles. The molecule has 1 saturated carbocycles. The number of aliphatic hydroxyl groups is 5. The van der Waals surface area contributed by atoms with Gasteiger partial charge in [0, 0.05) is 13.0 Å². The van der Waals surface area contributed by atoms with E-state index in [2.05, 4.69) is 26.0 Å². The Bertz CT molecular complexity index is 1060. The summed E-state index contributed by atoms with van der Waals surface area (Å²) in [7, 11) is -5.02. The molecule has 0 saturated heterocycles. The summed E-state index contributed by atoms with van der Waals surface area (Å²) in [4.78, 5) is 23.2.